The summed E-state index contributed by atoms with van der Waals surface area (Å²) in [7, 11) is 5.38. The minimum absolute atomic E-state index is 0.225. The maximum absolute atomic E-state index is 14.3. The van der Waals surface area contributed by atoms with Crippen LogP contribution in [0.1, 0.15) is 81.1 Å². The van der Waals surface area contributed by atoms with Crippen LogP contribution in [0.4, 0.5) is 4.79 Å². The van der Waals surface area contributed by atoms with Gasteiger partial charge in [0.25, 0.3) is 0 Å². The molecule has 1 N–H and O–H groups in total. The van der Waals surface area contributed by atoms with E-state index in [0.29, 0.717) is 38.8 Å². The minimum Gasteiger partial charge on any atom is -0.457 e. The van der Waals surface area contributed by atoms with Crippen LogP contribution in [0.3, 0.4) is 0 Å². The highest BCUT2D eigenvalue weighted by Crippen LogP contribution is 2.45. The van der Waals surface area contributed by atoms with Crippen LogP contribution in [0.5, 0.6) is 0 Å². The number of hydrazine groups is 1. The number of aromatic nitrogens is 2. The van der Waals surface area contributed by atoms with E-state index in [1.165, 1.54) is 6.92 Å². The Balaban J connectivity index is 1.40. The molecule has 2 bridgehead atoms. The number of carbonyl (C=O) groups is 3. The first kappa shape index (κ1) is 42.0. The second-order valence-electron chi connectivity index (χ2n) is 17.0. The van der Waals surface area contributed by atoms with Crippen molar-refractivity contribution in [3.63, 3.8) is 0 Å². The molecular formula is C41H62N6O9. The summed E-state index contributed by atoms with van der Waals surface area (Å²) < 4.78 is 33.7. The SMILES string of the molecule is CC[C@H]1OC(=O)[C@H](C)C(=O)[C@H](C)[C@@H](O[C@H]2O[C@@H](C)C[C@@H](N(C)C)[C@@H]2O)C(C)(OC)C[C@@H](C)C2=NN(CCCn3ncc4ccccc43)N3C(=O)O[C@@]1(C)[C@H]3[C@H]2C. The first-order valence-electron chi connectivity index (χ1n) is 20.2. The van der Waals surface area contributed by atoms with Gasteiger partial charge in [0.2, 0.25) is 0 Å². The second kappa shape index (κ2) is 16.3. The van der Waals surface area contributed by atoms with Crippen molar-refractivity contribution in [2.75, 3.05) is 27.7 Å². The number of cyclic esters (lactones) is 1. The number of nitrogens with zero attached hydrogens (tertiary/aromatic N) is 6. The Morgan fingerprint density at radius 2 is 1.75 bits per heavy atom. The summed E-state index contributed by atoms with van der Waals surface area (Å²) >= 11 is 0. The minimum atomic E-state index is -1.26. The van der Waals surface area contributed by atoms with Gasteiger partial charge in [-0.15, -0.1) is 0 Å². The Morgan fingerprint density at radius 3 is 2.43 bits per heavy atom. The highest BCUT2D eigenvalue weighted by Gasteiger charge is 2.63. The molecule has 0 spiro atoms. The molecule has 0 saturated carbocycles. The van der Waals surface area contributed by atoms with E-state index in [2.05, 4.69) is 12.0 Å². The number of ether oxygens (including phenoxy) is 5. The number of carbonyl (C=O) groups excluding carboxylic acids is 3. The van der Waals surface area contributed by atoms with Crippen LogP contribution < -0.4 is 0 Å². The van der Waals surface area contributed by atoms with Crippen molar-refractivity contribution < 1.29 is 43.2 Å². The Kier molecular flexibility index (Phi) is 12.2. The van der Waals surface area contributed by atoms with Crippen molar-refractivity contribution in [3.8, 4) is 0 Å². The van der Waals surface area contributed by atoms with Gasteiger partial charge in [0.05, 0.1) is 36.1 Å². The first-order valence-corrected chi connectivity index (χ1v) is 20.2. The average Bonchev–Trinajstić information content (AvgIpc) is 3.70. The van der Waals surface area contributed by atoms with E-state index in [1.54, 1.807) is 24.2 Å². The number of amides is 1. The second-order valence-corrected chi connectivity index (χ2v) is 17.0. The van der Waals surface area contributed by atoms with Gasteiger partial charge in [-0.2, -0.15) is 20.3 Å². The number of benzene rings is 1. The van der Waals surface area contributed by atoms with Gasteiger partial charge in [-0.1, -0.05) is 45.9 Å². The largest absolute Gasteiger partial charge is 0.457 e. The molecule has 3 fully saturated rings. The van der Waals surface area contributed by atoms with Crippen LogP contribution in [0.2, 0.25) is 0 Å². The molecule has 4 aliphatic rings. The molecule has 3 saturated heterocycles. The fourth-order valence-corrected chi connectivity index (χ4v) is 9.68. The maximum atomic E-state index is 14.3. The normalized spacial score (nSPS) is 38.4. The molecular weight excluding hydrogens is 720 g/mol. The lowest BCUT2D eigenvalue weighted by Crippen LogP contribution is -2.63. The number of aliphatic hydroxyl groups excluding tert-OH is 1. The van der Waals surface area contributed by atoms with E-state index < -0.39 is 71.5 Å². The number of hydrogen-bond acceptors (Lipinski definition) is 13. The third kappa shape index (κ3) is 7.57. The molecule has 15 heteroatoms. The number of hydrazone groups is 1. The number of aliphatic hydroxyl groups is 1. The molecule has 0 aliphatic carbocycles. The molecule has 4 aliphatic heterocycles. The number of fused-ring (bicyclic) bond motifs is 2. The van der Waals surface area contributed by atoms with Crippen LogP contribution in [-0.4, -0.2) is 135 Å². The predicted octanol–water partition coefficient (Wildman–Crippen LogP) is 4.65. The van der Waals surface area contributed by atoms with Crippen LogP contribution in [0.15, 0.2) is 35.6 Å². The zero-order valence-electron chi connectivity index (χ0n) is 34.9. The van der Waals surface area contributed by atoms with Gasteiger partial charge >= 0.3 is 12.1 Å². The fraction of sp³-hybridized carbons (Fsp3) is 0.732. The Labute approximate surface area is 330 Å². The molecule has 1 unspecified atom stereocenters. The highest BCUT2D eigenvalue weighted by atomic mass is 16.7. The number of aryl methyl sites for hydroxylation is 1. The summed E-state index contributed by atoms with van der Waals surface area (Å²) in [5.74, 6) is -3.76. The lowest BCUT2D eigenvalue weighted by Gasteiger charge is -2.49. The molecule has 310 valence electrons. The first-order chi connectivity index (χ1) is 26.4. The van der Waals surface area contributed by atoms with Crippen molar-refractivity contribution in [1.82, 2.24) is 24.8 Å². The van der Waals surface area contributed by atoms with E-state index in [-0.39, 0.29) is 24.0 Å². The zero-order valence-corrected chi connectivity index (χ0v) is 34.9. The summed E-state index contributed by atoms with van der Waals surface area (Å²) in [4.78, 5) is 44.2. The zero-order chi connectivity index (χ0) is 40.9. The van der Waals surface area contributed by atoms with Gasteiger partial charge in [0.15, 0.2) is 17.7 Å². The Bertz CT molecular complexity index is 1790. The molecule has 15 nitrogen and oxygen atoms in total. The molecule has 1 aromatic heterocycles. The number of ketones is 1. The number of esters is 1. The lowest BCUT2D eigenvalue weighted by atomic mass is 9.73. The molecule has 0 radical (unpaired) electrons. The monoisotopic (exact) mass is 782 g/mol. The van der Waals surface area contributed by atoms with Crippen molar-refractivity contribution >= 4 is 34.5 Å². The summed E-state index contributed by atoms with van der Waals surface area (Å²) in [5.41, 5.74) is -0.570. The molecule has 6 rings (SSSR count). The summed E-state index contributed by atoms with van der Waals surface area (Å²) in [5, 5.41) is 25.6. The number of para-hydroxylation sites is 1. The Morgan fingerprint density at radius 1 is 1.04 bits per heavy atom. The van der Waals surface area contributed by atoms with Gasteiger partial charge in [-0.25, -0.2) is 4.79 Å². The van der Waals surface area contributed by atoms with E-state index in [1.807, 2.05) is 88.8 Å². The van der Waals surface area contributed by atoms with Crippen molar-refractivity contribution in [3.05, 3.63) is 30.5 Å². The average molecular weight is 783 g/mol. The smallest absolute Gasteiger partial charge is 0.431 e. The number of Topliss-reactive ketones (excluding diaryl/α,β-unsaturated/α-hetero) is 1. The van der Waals surface area contributed by atoms with E-state index >= 15 is 0 Å². The molecule has 56 heavy (non-hydrogen) atoms. The number of rotatable bonds is 9. The quantitative estimate of drug-likeness (QED) is 0.278. The molecule has 5 heterocycles. The maximum Gasteiger partial charge on any atom is 0.431 e. The van der Waals surface area contributed by atoms with Gasteiger partial charge in [0, 0.05) is 42.6 Å². The van der Waals surface area contributed by atoms with Crippen LogP contribution in [-0.2, 0) is 39.8 Å². The highest BCUT2D eigenvalue weighted by molar-refractivity contribution is 6.00. The third-order valence-electron chi connectivity index (χ3n) is 12.8. The van der Waals surface area contributed by atoms with Gasteiger partial charge in [-0.05, 0) is 79.5 Å². The summed E-state index contributed by atoms with van der Waals surface area (Å²) in [6, 6.07) is 7.19. The van der Waals surface area contributed by atoms with Crippen LogP contribution >= 0.6 is 0 Å². The lowest BCUT2D eigenvalue weighted by molar-refractivity contribution is -0.295. The van der Waals surface area contributed by atoms with E-state index in [0.717, 1.165) is 16.6 Å². The summed E-state index contributed by atoms with van der Waals surface area (Å²) in [6.45, 7) is 15.8. The van der Waals surface area contributed by atoms with Gasteiger partial charge < -0.3 is 33.7 Å². The van der Waals surface area contributed by atoms with Crippen molar-refractivity contribution in [1.29, 1.82) is 0 Å². The number of hydrogen-bond donors (Lipinski definition) is 1. The van der Waals surface area contributed by atoms with Crippen molar-refractivity contribution in [2.45, 2.75) is 142 Å². The summed E-state index contributed by atoms with van der Waals surface area (Å²) in [6.07, 6.45) is -0.933. The molecule has 1 amide bonds. The number of methoxy groups -OCH3 is 1. The van der Waals surface area contributed by atoms with E-state index in [4.69, 9.17) is 28.8 Å². The van der Waals surface area contributed by atoms with Crippen LogP contribution in [0, 0.1) is 23.7 Å². The predicted molar refractivity (Wildman–Crippen MR) is 208 cm³/mol. The third-order valence-corrected chi connectivity index (χ3v) is 12.8. The van der Waals surface area contributed by atoms with Crippen molar-refractivity contribution in [2.24, 2.45) is 28.8 Å². The fourth-order valence-electron chi connectivity index (χ4n) is 9.68. The standard InChI is InChI=1S/C41H62N6O9/c1-12-31-41(8)35-25(4)32(43-46(47(35)39(51)56-41)19-15-18-45-29-17-14-13-16-28(29)22-42-45)23(2)21-40(7,52-11)36(26(5)33(48)27(6)37(50)54-31)55-38-34(49)30(44(9)10)20-24(3)53-38/h13-14,16-17,22-27,30-31,34-36,38,49H,12,15,18-21H2,1-11H3/t23-,24+,25+,26+,27-,30-,31-,34+,35-,36-,38-,40?,41-/m1/s1. The topological polar surface area (TPSA) is 157 Å². The Hall–Kier alpha value is -3.63. The van der Waals surface area contributed by atoms with E-state index in [9.17, 15) is 19.5 Å². The molecule has 2 aromatic rings. The molecule has 1 aromatic carbocycles. The molecule has 13 atom stereocenters. The van der Waals surface area contributed by atoms with Crippen LogP contribution in [0.25, 0.3) is 10.9 Å². The van der Waals surface area contributed by atoms with Gasteiger partial charge in [0.1, 0.15) is 24.2 Å². The number of likely N-dealkylation sites (N-methyl/N-ethyl adjacent to an activating group) is 1. The van der Waals surface area contributed by atoms with Gasteiger partial charge in [-0.3, -0.25) is 14.3 Å².